The van der Waals surface area contributed by atoms with E-state index in [1.54, 1.807) is 16.8 Å². The third-order valence-corrected chi connectivity index (χ3v) is 5.86. The molecule has 1 saturated heterocycles. The molecule has 1 aromatic carbocycles. The second kappa shape index (κ2) is 7.62. The Labute approximate surface area is 156 Å². The number of aromatic nitrogens is 2. The Hall–Kier alpha value is -2.14. The van der Waals surface area contributed by atoms with Crippen molar-refractivity contribution in [1.82, 2.24) is 15.1 Å². The highest BCUT2D eigenvalue weighted by Crippen LogP contribution is 2.23. The number of nitrogens with zero attached hydrogens (tertiary/aromatic N) is 3. The lowest BCUT2D eigenvalue weighted by Gasteiger charge is -2.23. The van der Waals surface area contributed by atoms with Crippen LogP contribution in [0.25, 0.3) is 0 Å². The third kappa shape index (κ3) is 3.54. The van der Waals surface area contributed by atoms with Gasteiger partial charge in [-0.05, 0) is 29.0 Å². The van der Waals surface area contributed by atoms with Crippen LogP contribution in [0.3, 0.4) is 0 Å². The summed E-state index contributed by atoms with van der Waals surface area (Å²) < 4.78 is 7.24. The smallest absolute Gasteiger partial charge is 0.267 e. The second-order valence-corrected chi connectivity index (χ2v) is 7.71. The number of nitrogens with one attached hydrogen (secondary N) is 1. The Morgan fingerprint density at radius 2 is 2.31 bits per heavy atom. The van der Waals surface area contributed by atoms with E-state index in [1.165, 1.54) is 0 Å². The predicted molar refractivity (Wildman–Crippen MR) is 100 cm³/mol. The number of fused-ring (bicyclic) bond motifs is 1. The van der Waals surface area contributed by atoms with Crippen LogP contribution < -0.4 is 10.9 Å². The topological polar surface area (TPSA) is 79.9 Å². The van der Waals surface area contributed by atoms with E-state index in [1.807, 2.05) is 30.0 Å². The number of thioether (sulfide) groups is 1. The van der Waals surface area contributed by atoms with Gasteiger partial charge >= 0.3 is 0 Å². The van der Waals surface area contributed by atoms with Crippen molar-refractivity contribution in [2.45, 2.75) is 30.8 Å². The van der Waals surface area contributed by atoms with Crippen molar-refractivity contribution in [1.29, 1.82) is 5.26 Å². The number of aryl methyl sites for hydroxylation is 1. The molecule has 2 aliphatic rings. The molecule has 4 rings (SSSR count). The fraction of sp³-hybridized carbons (Fsp3) is 0.421. The first-order chi connectivity index (χ1) is 12.7. The molecule has 2 aliphatic heterocycles. The second-order valence-electron chi connectivity index (χ2n) is 6.61. The zero-order valence-corrected chi connectivity index (χ0v) is 15.2. The molecule has 7 heteroatoms. The molecule has 134 valence electrons. The molecule has 6 nitrogen and oxygen atoms in total. The molecule has 0 aliphatic carbocycles. The summed E-state index contributed by atoms with van der Waals surface area (Å²) >= 11 is 1.85. The Morgan fingerprint density at radius 1 is 1.38 bits per heavy atom. The van der Waals surface area contributed by atoms with E-state index in [2.05, 4.69) is 16.5 Å². The predicted octanol–water partition coefficient (Wildman–Crippen LogP) is 1.63. The van der Waals surface area contributed by atoms with Crippen LogP contribution in [0, 0.1) is 11.3 Å². The number of rotatable bonds is 4. The summed E-state index contributed by atoms with van der Waals surface area (Å²) in [5.74, 6) is 1.92. The summed E-state index contributed by atoms with van der Waals surface area (Å²) in [4.78, 5) is 12.6. The minimum atomic E-state index is -0.110. The molecule has 26 heavy (non-hydrogen) atoms. The molecular weight excluding hydrogens is 348 g/mol. The van der Waals surface area contributed by atoms with Gasteiger partial charge in [-0.2, -0.15) is 22.1 Å². The van der Waals surface area contributed by atoms with Crippen LogP contribution in [-0.4, -0.2) is 34.8 Å². The zero-order chi connectivity index (χ0) is 17.9. The Morgan fingerprint density at radius 3 is 3.19 bits per heavy atom. The van der Waals surface area contributed by atoms with Crippen molar-refractivity contribution < 1.29 is 4.74 Å². The Balaban J connectivity index is 1.51. The van der Waals surface area contributed by atoms with Crippen molar-refractivity contribution in [3.05, 3.63) is 63.1 Å². The van der Waals surface area contributed by atoms with E-state index < -0.39 is 0 Å². The quantitative estimate of drug-likeness (QED) is 0.884. The lowest BCUT2D eigenvalue weighted by molar-refractivity contribution is 0.180. The molecule has 2 atom stereocenters. The Kier molecular flexibility index (Phi) is 5.07. The first kappa shape index (κ1) is 17.3. The lowest BCUT2D eigenvalue weighted by Crippen LogP contribution is -2.41. The van der Waals surface area contributed by atoms with Crippen LogP contribution in [0.2, 0.25) is 0 Å². The minimum Gasteiger partial charge on any atom is -0.377 e. The summed E-state index contributed by atoms with van der Waals surface area (Å²) in [7, 11) is 0. The van der Waals surface area contributed by atoms with Crippen molar-refractivity contribution in [2.75, 3.05) is 19.0 Å². The van der Waals surface area contributed by atoms with Gasteiger partial charge in [0.25, 0.3) is 5.56 Å². The van der Waals surface area contributed by atoms with E-state index in [0.29, 0.717) is 25.3 Å². The summed E-state index contributed by atoms with van der Waals surface area (Å²) in [6, 6.07) is 11.3. The average Bonchev–Trinajstić information content (AvgIpc) is 3.14. The first-order valence-corrected chi connectivity index (χ1v) is 9.89. The van der Waals surface area contributed by atoms with E-state index in [4.69, 9.17) is 10.00 Å². The van der Waals surface area contributed by atoms with Gasteiger partial charge in [0.2, 0.25) is 0 Å². The third-order valence-electron chi connectivity index (χ3n) is 4.85. The summed E-state index contributed by atoms with van der Waals surface area (Å²) in [6.45, 7) is 1.65. The molecule has 2 aromatic rings. The number of hydrogen-bond donors (Lipinski definition) is 1. The van der Waals surface area contributed by atoms with E-state index in [0.717, 1.165) is 34.7 Å². The maximum Gasteiger partial charge on any atom is 0.267 e. The largest absolute Gasteiger partial charge is 0.377 e. The van der Waals surface area contributed by atoms with Crippen LogP contribution in [0.15, 0.2) is 35.1 Å². The van der Waals surface area contributed by atoms with Gasteiger partial charge in [0, 0.05) is 24.8 Å². The molecule has 0 amide bonds. The minimum absolute atomic E-state index is 0.0157. The highest BCUT2D eigenvalue weighted by atomic mass is 32.2. The molecule has 1 aromatic heterocycles. The molecule has 3 heterocycles. The monoisotopic (exact) mass is 368 g/mol. The standard InChI is InChI=1S/C19H20N4O2S/c20-8-13-2-1-3-14(6-13)9-21-17-10-25-11-18(17)23-19(24)7-15-12-26-5-4-16(15)22-23/h1-3,6-7,17-18,21H,4-5,9-12H2. The van der Waals surface area contributed by atoms with Gasteiger partial charge < -0.3 is 10.1 Å². The Bertz CT molecular complexity index is 905. The van der Waals surface area contributed by atoms with Crippen molar-refractivity contribution in [2.24, 2.45) is 0 Å². The normalized spacial score (nSPS) is 22.0. The molecular formula is C19H20N4O2S. The SMILES string of the molecule is N#Cc1cccc(CNC2COCC2n2nc3c(cc2=O)CSCC3)c1. The maximum atomic E-state index is 12.6. The molecule has 0 saturated carbocycles. The molecule has 2 unspecified atom stereocenters. The van der Waals surface area contributed by atoms with E-state index in [9.17, 15) is 4.79 Å². The zero-order valence-electron chi connectivity index (χ0n) is 14.4. The number of benzene rings is 1. The van der Waals surface area contributed by atoms with Gasteiger partial charge in [-0.15, -0.1) is 0 Å². The molecule has 0 radical (unpaired) electrons. The van der Waals surface area contributed by atoms with Gasteiger partial charge in [-0.25, -0.2) is 4.68 Å². The lowest BCUT2D eigenvalue weighted by atomic mass is 10.1. The van der Waals surface area contributed by atoms with Crippen molar-refractivity contribution in [3.8, 4) is 6.07 Å². The summed E-state index contributed by atoms with van der Waals surface area (Å²) in [6.07, 6.45) is 0.910. The van der Waals surface area contributed by atoms with Gasteiger partial charge in [-0.3, -0.25) is 4.79 Å². The molecule has 0 spiro atoms. The molecule has 1 fully saturated rings. The number of ether oxygens (including phenoxy) is 1. The molecule has 1 N–H and O–H groups in total. The fourth-order valence-electron chi connectivity index (χ4n) is 3.44. The van der Waals surface area contributed by atoms with Crippen LogP contribution >= 0.6 is 11.8 Å². The average molecular weight is 368 g/mol. The van der Waals surface area contributed by atoms with E-state index in [-0.39, 0.29) is 17.6 Å². The van der Waals surface area contributed by atoms with Crippen molar-refractivity contribution in [3.63, 3.8) is 0 Å². The van der Waals surface area contributed by atoms with Crippen LogP contribution in [0.4, 0.5) is 0 Å². The van der Waals surface area contributed by atoms with Crippen LogP contribution in [-0.2, 0) is 23.5 Å². The summed E-state index contributed by atoms with van der Waals surface area (Å²) in [5, 5.41) is 17.1. The number of nitriles is 1. The van der Waals surface area contributed by atoms with E-state index >= 15 is 0 Å². The first-order valence-electron chi connectivity index (χ1n) is 8.74. The van der Waals surface area contributed by atoms with Crippen molar-refractivity contribution >= 4 is 11.8 Å². The van der Waals surface area contributed by atoms with Gasteiger partial charge in [0.05, 0.1) is 42.6 Å². The summed E-state index contributed by atoms with van der Waals surface area (Å²) in [5.41, 5.74) is 3.74. The fourth-order valence-corrected chi connectivity index (χ4v) is 4.40. The van der Waals surface area contributed by atoms with Crippen LogP contribution in [0.5, 0.6) is 0 Å². The number of hydrogen-bond acceptors (Lipinski definition) is 6. The van der Waals surface area contributed by atoms with Gasteiger partial charge in [0.15, 0.2) is 0 Å². The van der Waals surface area contributed by atoms with Gasteiger partial charge in [0.1, 0.15) is 0 Å². The van der Waals surface area contributed by atoms with Gasteiger partial charge in [-0.1, -0.05) is 12.1 Å². The highest BCUT2D eigenvalue weighted by molar-refractivity contribution is 7.98. The maximum absolute atomic E-state index is 12.6. The molecule has 0 bridgehead atoms. The van der Waals surface area contributed by atoms with Crippen LogP contribution in [0.1, 0.15) is 28.4 Å². The highest BCUT2D eigenvalue weighted by Gasteiger charge is 2.31.